The van der Waals surface area contributed by atoms with Crippen molar-refractivity contribution < 1.29 is 17.6 Å². The number of sulfone groups is 1. The van der Waals surface area contributed by atoms with Gasteiger partial charge in [0.1, 0.15) is 11.5 Å². The molecule has 1 N–H and O–H groups in total. The van der Waals surface area contributed by atoms with E-state index < -0.39 is 9.84 Å². The van der Waals surface area contributed by atoms with Crippen LogP contribution in [-0.2, 0) is 22.1 Å². The third-order valence-corrected chi connectivity index (χ3v) is 5.35. The summed E-state index contributed by atoms with van der Waals surface area (Å²) in [5.74, 6) is 0.252. The topological polar surface area (TPSA) is 79.6 Å². The summed E-state index contributed by atoms with van der Waals surface area (Å²) in [5, 5.41) is 3.01. The number of nitrogens with one attached hydrogen (secondary N) is 1. The zero-order valence-corrected chi connectivity index (χ0v) is 15.8. The van der Waals surface area contributed by atoms with Crippen molar-refractivity contribution in [3.05, 3.63) is 59.5 Å². The molecule has 1 amide bonds. The molecule has 2 heterocycles. The predicted octanol–water partition coefficient (Wildman–Crippen LogP) is 2.07. The molecule has 0 bridgehead atoms. The van der Waals surface area contributed by atoms with Gasteiger partial charge in [0.05, 0.1) is 0 Å². The van der Waals surface area contributed by atoms with Gasteiger partial charge in [-0.05, 0) is 23.6 Å². The van der Waals surface area contributed by atoms with E-state index in [1.807, 2.05) is 18.2 Å². The zero-order chi connectivity index (χ0) is 18.7. The minimum atomic E-state index is -3.19. The highest BCUT2D eigenvalue weighted by atomic mass is 32.2. The van der Waals surface area contributed by atoms with Crippen LogP contribution in [0.5, 0.6) is 0 Å². The Bertz CT molecular complexity index is 861. The SMILES string of the molecule is C[C@@H]1CN(Cc2ccccc2)C[C@@H]1NC(=O)c1ccc(CS(C)(=O)=O)o1. The molecule has 26 heavy (non-hydrogen) atoms. The second kappa shape index (κ2) is 7.63. The van der Waals surface area contributed by atoms with E-state index in [0.717, 1.165) is 25.9 Å². The number of carbonyl (C=O) groups is 1. The van der Waals surface area contributed by atoms with Gasteiger partial charge in [-0.3, -0.25) is 9.69 Å². The molecule has 0 radical (unpaired) electrons. The first-order valence-corrected chi connectivity index (χ1v) is 10.7. The second-order valence-corrected chi connectivity index (χ2v) is 9.21. The molecule has 0 unspecified atom stereocenters. The van der Waals surface area contributed by atoms with Crippen LogP contribution in [0.4, 0.5) is 0 Å². The van der Waals surface area contributed by atoms with Crippen LogP contribution in [0, 0.1) is 5.92 Å². The van der Waals surface area contributed by atoms with E-state index in [9.17, 15) is 13.2 Å². The molecule has 7 heteroatoms. The first kappa shape index (κ1) is 18.7. The first-order chi connectivity index (χ1) is 12.3. The number of furan rings is 1. The largest absolute Gasteiger partial charge is 0.455 e. The molecular formula is C19H24N2O4S. The van der Waals surface area contributed by atoms with Gasteiger partial charge in [0.2, 0.25) is 0 Å². The van der Waals surface area contributed by atoms with Crippen molar-refractivity contribution in [2.75, 3.05) is 19.3 Å². The van der Waals surface area contributed by atoms with Crippen LogP contribution >= 0.6 is 0 Å². The van der Waals surface area contributed by atoms with E-state index in [4.69, 9.17) is 4.42 Å². The lowest BCUT2D eigenvalue weighted by atomic mass is 10.1. The van der Waals surface area contributed by atoms with E-state index in [1.54, 1.807) is 0 Å². The van der Waals surface area contributed by atoms with Crippen LogP contribution in [0.25, 0.3) is 0 Å². The monoisotopic (exact) mass is 376 g/mol. The Labute approximate surface area is 154 Å². The number of rotatable bonds is 6. The van der Waals surface area contributed by atoms with Crippen molar-refractivity contribution in [1.29, 1.82) is 0 Å². The highest BCUT2D eigenvalue weighted by Gasteiger charge is 2.31. The maximum atomic E-state index is 12.4. The molecule has 1 aliphatic heterocycles. The average Bonchev–Trinajstić information content (AvgIpc) is 3.14. The minimum Gasteiger partial charge on any atom is -0.455 e. The summed E-state index contributed by atoms with van der Waals surface area (Å²) in [6.07, 6.45) is 1.14. The number of amides is 1. The molecule has 1 aromatic heterocycles. The average molecular weight is 376 g/mol. The number of likely N-dealkylation sites (tertiary alicyclic amines) is 1. The maximum Gasteiger partial charge on any atom is 0.287 e. The van der Waals surface area contributed by atoms with Gasteiger partial charge in [-0.25, -0.2) is 8.42 Å². The van der Waals surface area contributed by atoms with E-state index in [-0.39, 0.29) is 29.2 Å². The van der Waals surface area contributed by atoms with Crippen LogP contribution in [0.2, 0.25) is 0 Å². The molecule has 140 valence electrons. The van der Waals surface area contributed by atoms with Gasteiger partial charge < -0.3 is 9.73 Å². The molecule has 2 atom stereocenters. The van der Waals surface area contributed by atoms with E-state index in [0.29, 0.717) is 5.92 Å². The number of nitrogens with zero attached hydrogens (tertiary/aromatic N) is 1. The van der Waals surface area contributed by atoms with Crippen molar-refractivity contribution in [3.63, 3.8) is 0 Å². The Morgan fingerprint density at radius 3 is 2.62 bits per heavy atom. The van der Waals surface area contributed by atoms with Gasteiger partial charge in [0, 0.05) is 31.9 Å². The number of benzene rings is 1. The molecule has 0 aliphatic carbocycles. The van der Waals surface area contributed by atoms with Crippen molar-refractivity contribution in [1.82, 2.24) is 10.2 Å². The van der Waals surface area contributed by atoms with Gasteiger partial charge in [-0.15, -0.1) is 0 Å². The Balaban J connectivity index is 1.57. The molecular weight excluding hydrogens is 352 g/mol. The third-order valence-electron chi connectivity index (χ3n) is 4.54. The van der Waals surface area contributed by atoms with Gasteiger partial charge >= 0.3 is 0 Å². The number of hydrogen-bond acceptors (Lipinski definition) is 5. The first-order valence-electron chi connectivity index (χ1n) is 8.64. The Morgan fingerprint density at radius 2 is 1.92 bits per heavy atom. The molecule has 2 aromatic rings. The van der Waals surface area contributed by atoms with E-state index in [1.165, 1.54) is 17.7 Å². The fourth-order valence-electron chi connectivity index (χ4n) is 3.30. The van der Waals surface area contributed by atoms with Crippen LogP contribution in [-0.4, -0.2) is 44.6 Å². The van der Waals surface area contributed by atoms with Gasteiger partial charge in [0.25, 0.3) is 5.91 Å². The Kier molecular flexibility index (Phi) is 5.48. The molecule has 1 aliphatic rings. The summed E-state index contributed by atoms with van der Waals surface area (Å²) in [7, 11) is -3.19. The lowest BCUT2D eigenvalue weighted by Crippen LogP contribution is -2.39. The summed E-state index contributed by atoms with van der Waals surface area (Å²) in [6.45, 7) is 4.67. The lowest BCUT2D eigenvalue weighted by molar-refractivity contribution is 0.0901. The number of hydrogen-bond donors (Lipinski definition) is 1. The standard InChI is InChI=1S/C19H24N2O4S/c1-14-10-21(11-15-6-4-3-5-7-15)12-17(14)20-19(22)18-9-8-16(25-18)13-26(2,23)24/h3-9,14,17H,10-13H2,1-2H3,(H,20,22)/t14-,17+/m1/s1. The van der Waals surface area contributed by atoms with Crippen molar-refractivity contribution in [2.45, 2.75) is 25.3 Å². The summed E-state index contributed by atoms with van der Waals surface area (Å²) in [4.78, 5) is 14.7. The summed E-state index contributed by atoms with van der Waals surface area (Å²) >= 11 is 0. The Hall–Kier alpha value is -2.12. The fourth-order valence-corrected chi connectivity index (χ4v) is 3.97. The van der Waals surface area contributed by atoms with Crippen LogP contribution in [0.1, 0.15) is 28.8 Å². The van der Waals surface area contributed by atoms with Crippen molar-refractivity contribution in [3.8, 4) is 0 Å². The summed E-state index contributed by atoms with van der Waals surface area (Å²) < 4.78 is 28.0. The smallest absolute Gasteiger partial charge is 0.287 e. The molecule has 3 rings (SSSR count). The molecule has 1 aromatic carbocycles. The number of carbonyl (C=O) groups excluding carboxylic acids is 1. The van der Waals surface area contributed by atoms with E-state index >= 15 is 0 Å². The fraction of sp³-hybridized carbons (Fsp3) is 0.421. The summed E-state index contributed by atoms with van der Waals surface area (Å²) in [6, 6.07) is 13.4. The molecule has 6 nitrogen and oxygen atoms in total. The molecule has 1 saturated heterocycles. The molecule has 0 spiro atoms. The van der Waals surface area contributed by atoms with Gasteiger partial charge in [-0.1, -0.05) is 37.3 Å². The predicted molar refractivity (Wildman–Crippen MR) is 99.4 cm³/mol. The van der Waals surface area contributed by atoms with Crippen LogP contribution < -0.4 is 5.32 Å². The van der Waals surface area contributed by atoms with Crippen molar-refractivity contribution in [2.24, 2.45) is 5.92 Å². The van der Waals surface area contributed by atoms with Crippen molar-refractivity contribution >= 4 is 15.7 Å². The molecule has 0 saturated carbocycles. The zero-order valence-electron chi connectivity index (χ0n) is 15.0. The van der Waals surface area contributed by atoms with E-state index in [2.05, 4.69) is 29.3 Å². The minimum absolute atomic E-state index is 0.0367. The lowest BCUT2D eigenvalue weighted by Gasteiger charge is -2.16. The normalized spacial score (nSPS) is 21.0. The molecule has 1 fully saturated rings. The second-order valence-electron chi connectivity index (χ2n) is 7.07. The quantitative estimate of drug-likeness (QED) is 0.835. The van der Waals surface area contributed by atoms with Gasteiger partial charge in [0.15, 0.2) is 15.6 Å². The Morgan fingerprint density at radius 1 is 1.19 bits per heavy atom. The van der Waals surface area contributed by atoms with Gasteiger partial charge in [-0.2, -0.15) is 0 Å². The van der Waals surface area contributed by atoms with Crippen LogP contribution in [0.15, 0.2) is 46.9 Å². The third kappa shape index (κ3) is 4.95. The summed E-state index contributed by atoms with van der Waals surface area (Å²) in [5.41, 5.74) is 1.25. The van der Waals surface area contributed by atoms with Crippen LogP contribution in [0.3, 0.4) is 0 Å². The maximum absolute atomic E-state index is 12.4. The highest BCUT2D eigenvalue weighted by molar-refractivity contribution is 7.89. The highest BCUT2D eigenvalue weighted by Crippen LogP contribution is 2.20.